The second kappa shape index (κ2) is 7.13. The van der Waals surface area contributed by atoms with E-state index in [1.54, 1.807) is 25.1 Å². The van der Waals surface area contributed by atoms with Crippen LogP contribution in [0.1, 0.15) is 36.8 Å². The smallest absolute Gasteiger partial charge is 0.241 e. The Labute approximate surface area is 131 Å². The van der Waals surface area contributed by atoms with Crippen LogP contribution in [0.15, 0.2) is 23.1 Å². The van der Waals surface area contributed by atoms with E-state index in [9.17, 15) is 13.5 Å². The van der Waals surface area contributed by atoms with E-state index in [-0.39, 0.29) is 17.5 Å². The second-order valence-corrected chi connectivity index (χ2v) is 8.35. The minimum absolute atomic E-state index is 0.0237. The van der Waals surface area contributed by atoms with Gasteiger partial charge in [0.25, 0.3) is 0 Å². The SMILES string of the molecule is CSC1CCC(NS(=O)(=O)c2cccc(CO)c2C)CC1. The van der Waals surface area contributed by atoms with E-state index < -0.39 is 10.0 Å². The average molecular weight is 329 g/mol. The molecule has 1 aliphatic rings. The maximum atomic E-state index is 12.5. The van der Waals surface area contributed by atoms with Crippen LogP contribution in [-0.4, -0.2) is 31.1 Å². The topological polar surface area (TPSA) is 66.4 Å². The van der Waals surface area contributed by atoms with E-state index in [2.05, 4.69) is 11.0 Å². The third-order valence-electron chi connectivity index (χ3n) is 4.19. The standard InChI is InChI=1S/C15H23NO3S2/c1-11-12(10-17)4-3-5-15(11)21(18,19)16-13-6-8-14(20-2)9-7-13/h3-5,13-14,16-17H,6-10H2,1-2H3. The molecule has 0 atom stereocenters. The van der Waals surface area contributed by atoms with E-state index >= 15 is 0 Å². The summed E-state index contributed by atoms with van der Waals surface area (Å²) in [5.41, 5.74) is 1.29. The number of benzene rings is 1. The summed E-state index contributed by atoms with van der Waals surface area (Å²) >= 11 is 1.86. The molecule has 0 aliphatic heterocycles. The Kier molecular flexibility index (Phi) is 5.71. The number of hydrogen-bond acceptors (Lipinski definition) is 4. The third kappa shape index (κ3) is 4.00. The Bertz CT molecular complexity index is 579. The van der Waals surface area contributed by atoms with Gasteiger partial charge in [0.1, 0.15) is 0 Å². The molecule has 6 heteroatoms. The van der Waals surface area contributed by atoms with Crippen molar-refractivity contribution in [1.82, 2.24) is 4.72 Å². The molecule has 0 aromatic heterocycles. The highest BCUT2D eigenvalue weighted by atomic mass is 32.2. The molecule has 1 saturated carbocycles. The number of aliphatic hydroxyl groups excluding tert-OH is 1. The zero-order valence-corrected chi connectivity index (χ0v) is 14.1. The van der Waals surface area contributed by atoms with Crippen molar-refractivity contribution in [2.75, 3.05) is 6.26 Å². The van der Waals surface area contributed by atoms with Crippen LogP contribution < -0.4 is 4.72 Å². The van der Waals surface area contributed by atoms with E-state index in [4.69, 9.17) is 0 Å². The third-order valence-corrected chi connectivity index (χ3v) is 6.99. The number of sulfonamides is 1. The van der Waals surface area contributed by atoms with E-state index in [0.717, 1.165) is 25.7 Å². The molecule has 21 heavy (non-hydrogen) atoms. The minimum Gasteiger partial charge on any atom is -0.392 e. The summed E-state index contributed by atoms with van der Waals surface area (Å²) < 4.78 is 27.9. The molecule has 0 spiro atoms. The summed E-state index contributed by atoms with van der Waals surface area (Å²) in [6.07, 6.45) is 6.01. The van der Waals surface area contributed by atoms with Gasteiger partial charge in [-0.3, -0.25) is 0 Å². The summed E-state index contributed by atoms with van der Waals surface area (Å²) in [7, 11) is -3.52. The molecule has 0 bridgehead atoms. The maximum absolute atomic E-state index is 12.5. The van der Waals surface area contributed by atoms with Gasteiger partial charge in [-0.2, -0.15) is 11.8 Å². The highest BCUT2D eigenvalue weighted by Crippen LogP contribution is 2.28. The molecule has 0 radical (unpaired) electrons. The second-order valence-electron chi connectivity index (χ2n) is 5.53. The first-order valence-corrected chi connectivity index (χ1v) is 9.99. The van der Waals surface area contributed by atoms with Crippen LogP contribution in [0.4, 0.5) is 0 Å². The number of aliphatic hydroxyl groups is 1. The van der Waals surface area contributed by atoms with Gasteiger partial charge in [-0.1, -0.05) is 12.1 Å². The summed E-state index contributed by atoms with van der Waals surface area (Å²) in [4.78, 5) is 0.279. The van der Waals surface area contributed by atoms with Gasteiger partial charge in [0.15, 0.2) is 0 Å². The molecule has 0 heterocycles. The Morgan fingerprint density at radius 3 is 2.52 bits per heavy atom. The highest BCUT2D eigenvalue weighted by Gasteiger charge is 2.26. The van der Waals surface area contributed by atoms with Gasteiger partial charge >= 0.3 is 0 Å². The van der Waals surface area contributed by atoms with Crippen LogP contribution in [0, 0.1) is 6.92 Å². The van der Waals surface area contributed by atoms with E-state index in [1.165, 1.54) is 0 Å². The fourth-order valence-electron chi connectivity index (χ4n) is 2.82. The van der Waals surface area contributed by atoms with Crippen molar-refractivity contribution in [1.29, 1.82) is 0 Å². The van der Waals surface area contributed by atoms with Gasteiger partial charge in [0.05, 0.1) is 11.5 Å². The summed E-state index contributed by atoms with van der Waals surface area (Å²) in [6, 6.07) is 5.05. The molecule has 1 fully saturated rings. The Morgan fingerprint density at radius 1 is 1.29 bits per heavy atom. The van der Waals surface area contributed by atoms with Crippen LogP contribution in [-0.2, 0) is 16.6 Å². The molecule has 2 rings (SSSR count). The van der Waals surface area contributed by atoms with E-state index in [1.807, 2.05) is 11.8 Å². The predicted octanol–water partition coefficient (Wildman–Crippen LogP) is 2.44. The molecule has 1 aliphatic carbocycles. The lowest BCUT2D eigenvalue weighted by Crippen LogP contribution is -2.38. The van der Waals surface area contributed by atoms with Crippen molar-refractivity contribution >= 4 is 21.8 Å². The summed E-state index contributed by atoms with van der Waals surface area (Å²) in [6.45, 7) is 1.60. The van der Waals surface area contributed by atoms with E-state index in [0.29, 0.717) is 16.4 Å². The fourth-order valence-corrected chi connectivity index (χ4v) is 5.16. The summed E-state index contributed by atoms with van der Waals surface area (Å²) in [5.74, 6) is 0. The Balaban J connectivity index is 2.12. The number of rotatable bonds is 5. The molecule has 1 aromatic rings. The van der Waals surface area contributed by atoms with Crippen molar-refractivity contribution in [3.63, 3.8) is 0 Å². The maximum Gasteiger partial charge on any atom is 0.241 e. The van der Waals surface area contributed by atoms with Crippen LogP contribution in [0.5, 0.6) is 0 Å². The zero-order chi connectivity index (χ0) is 15.5. The van der Waals surface area contributed by atoms with Gasteiger partial charge in [-0.05, 0) is 56.1 Å². The molecule has 2 N–H and O–H groups in total. The Hall–Kier alpha value is -0.560. The molecular formula is C15H23NO3S2. The first kappa shape index (κ1) is 16.8. The summed E-state index contributed by atoms with van der Waals surface area (Å²) in [5, 5.41) is 9.93. The van der Waals surface area contributed by atoms with Gasteiger partial charge in [-0.25, -0.2) is 13.1 Å². The fraction of sp³-hybridized carbons (Fsp3) is 0.600. The van der Waals surface area contributed by atoms with Gasteiger partial charge in [0, 0.05) is 11.3 Å². The first-order chi connectivity index (χ1) is 9.97. The first-order valence-electron chi connectivity index (χ1n) is 7.22. The molecule has 1 aromatic carbocycles. The van der Waals surface area contributed by atoms with Crippen LogP contribution in [0.25, 0.3) is 0 Å². The van der Waals surface area contributed by atoms with Crippen LogP contribution in [0.3, 0.4) is 0 Å². The molecular weight excluding hydrogens is 306 g/mol. The van der Waals surface area contributed by atoms with Crippen molar-refractivity contribution in [3.05, 3.63) is 29.3 Å². The lowest BCUT2D eigenvalue weighted by Gasteiger charge is -2.28. The van der Waals surface area contributed by atoms with Gasteiger partial charge in [-0.15, -0.1) is 0 Å². The Morgan fingerprint density at radius 2 is 1.95 bits per heavy atom. The number of hydrogen-bond donors (Lipinski definition) is 2. The minimum atomic E-state index is -3.52. The number of nitrogens with one attached hydrogen (secondary N) is 1. The largest absolute Gasteiger partial charge is 0.392 e. The predicted molar refractivity (Wildman–Crippen MR) is 87.0 cm³/mol. The van der Waals surface area contributed by atoms with Crippen LogP contribution in [0.2, 0.25) is 0 Å². The van der Waals surface area contributed by atoms with Crippen molar-refractivity contribution in [2.24, 2.45) is 0 Å². The highest BCUT2D eigenvalue weighted by molar-refractivity contribution is 7.99. The molecule has 0 saturated heterocycles. The van der Waals surface area contributed by atoms with Crippen molar-refractivity contribution in [2.45, 2.75) is 55.4 Å². The lowest BCUT2D eigenvalue weighted by atomic mass is 9.96. The van der Waals surface area contributed by atoms with Crippen LogP contribution >= 0.6 is 11.8 Å². The normalized spacial score (nSPS) is 23.2. The molecule has 0 amide bonds. The molecule has 118 valence electrons. The molecule has 4 nitrogen and oxygen atoms in total. The van der Waals surface area contributed by atoms with Gasteiger partial charge in [0.2, 0.25) is 10.0 Å². The monoisotopic (exact) mass is 329 g/mol. The lowest BCUT2D eigenvalue weighted by molar-refractivity contribution is 0.280. The zero-order valence-electron chi connectivity index (χ0n) is 12.5. The van der Waals surface area contributed by atoms with Gasteiger partial charge < -0.3 is 5.11 Å². The average Bonchev–Trinajstić information content (AvgIpc) is 2.47. The number of thioether (sulfide) groups is 1. The van der Waals surface area contributed by atoms with Crippen molar-refractivity contribution in [3.8, 4) is 0 Å². The molecule has 0 unspecified atom stereocenters. The quantitative estimate of drug-likeness (QED) is 0.871. The van der Waals surface area contributed by atoms with Crippen molar-refractivity contribution < 1.29 is 13.5 Å².